The standard InChI is InChI=1S/C24H22N6OS/c1-15-19(8-9-22-21(15)14-30(2)29-22)24-20-12-23(27-13-16(20)10-11-26-24)28-17-4-6-18(7-5-17)32(3,25)31/h4-14,25H,1-3H3,(H,27,28). The summed E-state index contributed by atoms with van der Waals surface area (Å²) >= 11 is 0. The molecule has 0 saturated heterocycles. The lowest BCUT2D eigenvalue weighted by atomic mass is 9.98. The zero-order valence-electron chi connectivity index (χ0n) is 18.0. The zero-order chi connectivity index (χ0) is 22.5. The van der Waals surface area contributed by atoms with Gasteiger partial charge in [0, 0.05) is 64.2 Å². The Morgan fingerprint density at radius 1 is 1.03 bits per heavy atom. The van der Waals surface area contributed by atoms with Crippen molar-refractivity contribution in [3.63, 3.8) is 0 Å². The number of benzene rings is 2. The van der Waals surface area contributed by atoms with Crippen LogP contribution >= 0.6 is 0 Å². The van der Waals surface area contributed by atoms with Gasteiger partial charge in [0.05, 0.1) is 20.9 Å². The number of hydrogen-bond acceptors (Lipinski definition) is 6. The molecule has 0 radical (unpaired) electrons. The lowest BCUT2D eigenvalue weighted by molar-refractivity contribution is 0.679. The summed E-state index contributed by atoms with van der Waals surface area (Å²) in [4.78, 5) is 9.74. The Kier molecular flexibility index (Phi) is 4.67. The Balaban J connectivity index is 1.57. The molecular formula is C24H22N6OS. The van der Waals surface area contributed by atoms with Crippen LogP contribution in [0.15, 0.2) is 72.0 Å². The molecule has 0 aliphatic carbocycles. The van der Waals surface area contributed by atoms with Gasteiger partial charge in [0.15, 0.2) is 0 Å². The zero-order valence-corrected chi connectivity index (χ0v) is 18.8. The number of nitrogens with one attached hydrogen (secondary N) is 2. The molecule has 7 nitrogen and oxygen atoms in total. The molecule has 0 aliphatic heterocycles. The summed E-state index contributed by atoms with van der Waals surface area (Å²) in [5.74, 6) is 0.683. The van der Waals surface area contributed by atoms with Crippen molar-refractivity contribution >= 4 is 42.9 Å². The van der Waals surface area contributed by atoms with Gasteiger partial charge in [0.1, 0.15) is 5.82 Å². The lowest BCUT2D eigenvalue weighted by Gasteiger charge is -2.12. The van der Waals surface area contributed by atoms with Crippen molar-refractivity contribution in [2.24, 2.45) is 7.05 Å². The van der Waals surface area contributed by atoms with Gasteiger partial charge in [-0.2, -0.15) is 5.10 Å². The number of aromatic nitrogens is 4. The third-order valence-electron chi connectivity index (χ3n) is 5.55. The van der Waals surface area contributed by atoms with Crippen LogP contribution in [0.2, 0.25) is 0 Å². The van der Waals surface area contributed by atoms with Gasteiger partial charge < -0.3 is 5.32 Å². The fraction of sp³-hybridized carbons (Fsp3) is 0.125. The molecule has 160 valence electrons. The second-order valence-electron chi connectivity index (χ2n) is 7.92. The van der Waals surface area contributed by atoms with Crippen molar-refractivity contribution in [2.75, 3.05) is 11.6 Å². The molecule has 3 heterocycles. The van der Waals surface area contributed by atoms with E-state index in [1.807, 2.05) is 54.5 Å². The quantitative estimate of drug-likeness (QED) is 0.395. The highest BCUT2D eigenvalue weighted by Gasteiger charge is 2.13. The van der Waals surface area contributed by atoms with Crippen LogP contribution < -0.4 is 5.32 Å². The predicted octanol–water partition coefficient (Wildman–Crippen LogP) is 5.27. The van der Waals surface area contributed by atoms with Gasteiger partial charge in [0.2, 0.25) is 0 Å². The predicted molar refractivity (Wildman–Crippen MR) is 129 cm³/mol. The summed E-state index contributed by atoms with van der Waals surface area (Å²) < 4.78 is 21.4. The first kappa shape index (κ1) is 20.1. The molecule has 0 aliphatic rings. The second kappa shape index (κ2) is 7.42. The summed E-state index contributed by atoms with van der Waals surface area (Å²) in [5.41, 5.74) is 4.86. The van der Waals surface area contributed by atoms with E-state index in [1.165, 1.54) is 6.26 Å². The molecule has 0 fully saturated rings. The molecule has 2 aromatic carbocycles. The number of rotatable bonds is 4. The van der Waals surface area contributed by atoms with Crippen molar-refractivity contribution in [2.45, 2.75) is 11.8 Å². The van der Waals surface area contributed by atoms with Gasteiger partial charge in [-0.1, -0.05) is 6.07 Å². The molecule has 8 heteroatoms. The average Bonchev–Trinajstić information content (AvgIpc) is 3.15. The fourth-order valence-electron chi connectivity index (χ4n) is 3.90. The van der Waals surface area contributed by atoms with Crippen LogP contribution in [0.4, 0.5) is 11.5 Å². The van der Waals surface area contributed by atoms with E-state index in [9.17, 15) is 4.21 Å². The van der Waals surface area contributed by atoms with Crippen molar-refractivity contribution in [3.8, 4) is 11.3 Å². The van der Waals surface area contributed by atoms with Crippen molar-refractivity contribution in [3.05, 3.63) is 72.7 Å². The third kappa shape index (κ3) is 3.58. The van der Waals surface area contributed by atoms with Crippen molar-refractivity contribution < 1.29 is 4.21 Å². The minimum Gasteiger partial charge on any atom is -0.340 e. The Labute approximate surface area is 186 Å². The molecule has 0 saturated carbocycles. The van der Waals surface area contributed by atoms with Crippen molar-refractivity contribution in [1.29, 1.82) is 4.78 Å². The number of fused-ring (bicyclic) bond motifs is 2. The van der Waals surface area contributed by atoms with E-state index in [2.05, 4.69) is 28.4 Å². The first-order valence-electron chi connectivity index (χ1n) is 10.1. The van der Waals surface area contributed by atoms with E-state index in [0.29, 0.717) is 10.7 Å². The molecule has 32 heavy (non-hydrogen) atoms. The normalized spacial score (nSPS) is 13.3. The highest BCUT2D eigenvalue weighted by Crippen LogP contribution is 2.33. The van der Waals surface area contributed by atoms with Crippen LogP contribution in [-0.4, -0.2) is 30.2 Å². The van der Waals surface area contributed by atoms with Gasteiger partial charge >= 0.3 is 0 Å². The average molecular weight is 443 g/mol. The highest BCUT2D eigenvalue weighted by molar-refractivity contribution is 7.91. The second-order valence-corrected chi connectivity index (χ2v) is 10.1. The summed E-state index contributed by atoms with van der Waals surface area (Å²) in [6.45, 7) is 2.10. The molecule has 5 aromatic rings. The lowest BCUT2D eigenvalue weighted by Crippen LogP contribution is -1.97. The van der Waals surface area contributed by atoms with Gasteiger partial charge in [-0.15, -0.1) is 0 Å². The molecule has 0 bridgehead atoms. The fourth-order valence-corrected chi connectivity index (χ4v) is 4.56. The monoisotopic (exact) mass is 442 g/mol. The Bertz CT molecular complexity index is 1590. The minimum atomic E-state index is -2.73. The maximum absolute atomic E-state index is 11.9. The molecule has 5 rings (SSSR count). The molecule has 0 spiro atoms. The Hall–Kier alpha value is -3.78. The van der Waals surface area contributed by atoms with E-state index < -0.39 is 9.73 Å². The summed E-state index contributed by atoms with van der Waals surface area (Å²) in [6.07, 6.45) is 7.08. The Morgan fingerprint density at radius 3 is 2.56 bits per heavy atom. The first-order chi connectivity index (χ1) is 15.3. The topological polar surface area (TPSA) is 96.6 Å². The summed E-state index contributed by atoms with van der Waals surface area (Å²) in [5, 5.41) is 10.9. The van der Waals surface area contributed by atoms with E-state index in [-0.39, 0.29) is 0 Å². The molecule has 2 N–H and O–H groups in total. The smallest absolute Gasteiger partial charge is 0.130 e. The maximum atomic E-state index is 11.9. The molecule has 1 atom stereocenters. The van der Waals surface area contributed by atoms with Gasteiger partial charge in [-0.3, -0.25) is 9.67 Å². The highest BCUT2D eigenvalue weighted by atomic mass is 32.2. The summed E-state index contributed by atoms with van der Waals surface area (Å²) in [6, 6.07) is 15.1. The molecule has 3 aromatic heterocycles. The van der Waals surface area contributed by atoms with E-state index in [1.54, 1.807) is 18.3 Å². The van der Waals surface area contributed by atoms with Crippen LogP contribution in [0.25, 0.3) is 32.9 Å². The Morgan fingerprint density at radius 2 is 1.81 bits per heavy atom. The van der Waals surface area contributed by atoms with E-state index in [4.69, 9.17) is 9.76 Å². The van der Waals surface area contributed by atoms with Crippen LogP contribution in [-0.2, 0) is 16.8 Å². The largest absolute Gasteiger partial charge is 0.340 e. The molecule has 1 unspecified atom stereocenters. The number of pyridine rings is 2. The van der Waals surface area contributed by atoms with E-state index >= 15 is 0 Å². The SMILES string of the molecule is Cc1c(-c2nccc3cnc(Nc4ccc(S(C)(=N)=O)cc4)cc23)ccc2nn(C)cc12. The van der Waals surface area contributed by atoms with Crippen molar-refractivity contribution in [1.82, 2.24) is 19.7 Å². The number of aryl methyl sites for hydroxylation is 2. The van der Waals surface area contributed by atoms with Crippen LogP contribution in [0.1, 0.15) is 5.56 Å². The van der Waals surface area contributed by atoms with Gasteiger partial charge in [-0.05, 0) is 55.0 Å². The molecule has 0 amide bonds. The molecular weight excluding hydrogens is 420 g/mol. The number of hydrogen-bond donors (Lipinski definition) is 2. The van der Waals surface area contributed by atoms with Gasteiger partial charge in [0.25, 0.3) is 0 Å². The third-order valence-corrected chi connectivity index (χ3v) is 6.72. The van der Waals surface area contributed by atoms with Crippen LogP contribution in [0.3, 0.4) is 0 Å². The van der Waals surface area contributed by atoms with Crippen LogP contribution in [0, 0.1) is 11.7 Å². The maximum Gasteiger partial charge on any atom is 0.130 e. The summed E-state index contributed by atoms with van der Waals surface area (Å²) in [7, 11) is -0.809. The van der Waals surface area contributed by atoms with E-state index in [0.717, 1.165) is 44.2 Å². The van der Waals surface area contributed by atoms with Crippen LogP contribution in [0.5, 0.6) is 0 Å². The number of anilines is 2. The minimum absolute atomic E-state index is 0.502. The number of nitrogens with zero attached hydrogens (tertiary/aromatic N) is 4. The van der Waals surface area contributed by atoms with Gasteiger partial charge in [-0.25, -0.2) is 14.0 Å². The first-order valence-corrected chi connectivity index (χ1v) is 12.1.